The first-order chi connectivity index (χ1) is 8.31. The summed E-state index contributed by atoms with van der Waals surface area (Å²) in [5, 5.41) is 3.38. The second-order valence-corrected chi connectivity index (χ2v) is 3.86. The van der Waals surface area contributed by atoms with Crippen LogP contribution in [0.5, 0.6) is 5.75 Å². The average Bonchev–Trinajstić information content (AvgIpc) is 2.38. The molecule has 0 atom stereocenters. The summed E-state index contributed by atoms with van der Waals surface area (Å²) in [6, 6.07) is 9.99. The number of aryl methyl sites for hydroxylation is 1. The minimum atomic E-state index is 0.745. The number of anilines is 1. The van der Waals surface area contributed by atoms with E-state index in [0.29, 0.717) is 0 Å². The molecule has 3 heteroatoms. The molecule has 0 amide bonds. The number of aromatic nitrogens is 1. The molecule has 3 nitrogen and oxygen atoms in total. The molecule has 1 N–H and O–H groups in total. The smallest absolute Gasteiger partial charge is 0.123 e. The minimum absolute atomic E-state index is 0.745. The van der Waals surface area contributed by atoms with Gasteiger partial charge in [0.1, 0.15) is 5.75 Å². The third kappa shape index (κ3) is 2.75. The van der Waals surface area contributed by atoms with Crippen molar-refractivity contribution in [3.8, 4) is 5.75 Å². The molecule has 1 aromatic heterocycles. The van der Waals surface area contributed by atoms with Gasteiger partial charge in [-0.1, -0.05) is 18.2 Å². The first-order valence-corrected chi connectivity index (χ1v) is 5.57. The second kappa shape index (κ2) is 5.34. The van der Waals surface area contributed by atoms with Gasteiger partial charge in [0.05, 0.1) is 7.11 Å². The van der Waals surface area contributed by atoms with Gasteiger partial charge in [-0.05, 0) is 24.6 Å². The van der Waals surface area contributed by atoms with Crippen LogP contribution in [-0.2, 0) is 6.54 Å². The Labute approximate surface area is 101 Å². The van der Waals surface area contributed by atoms with Crippen LogP contribution < -0.4 is 10.1 Å². The molecule has 0 radical (unpaired) electrons. The van der Waals surface area contributed by atoms with E-state index in [9.17, 15) is 0 Å². The number of rotatable bonds is 4. The molecule has 0 aliphatic rings. The Morgan fingerprint density at radius 1 is 1.24 bits per heavy atom. The lowest BCUT2D eigenvalue weighted by molar-refractivity contribution is 0.410. The minimum Gasteiger partial charge on any atom is -0.496 e. The molecule has 0 aliphatic heterocycles. The fourth-order valence-corrected chi connectivity index (χ4v) is 1.71. The van der Waals surface area contributed by atoms with Crippen molar-refractivity contribution in [1.29, 1.82) is 0 Å². The number of para-hydroxylation sites is 1. The number of hydrogen-bond donors (Lipinski definition) is 1. The summed E-state index contributed by atoms with van der Waals surface area (Å²) in [5.41, 5.74) is 3.39. The van der Waals surface area contributed by atoms with Crippen molar-refractivity contribution in [3.63, 3.8) is 0 Å². The van der Waals surface area contributed by atoms with Crippen LogP contribution in [0.25, 0.3) is 0 Å². The van der Waals surface area contributed by atoms with E-state index in [0.717, 1.165) is 29.1 Å². The van der Waals surface area contributed by atoms with E-state index < -0.39 is 0 Å². The van der Waals surface area contributed by atoms with Gasteiger partial charge in [0.15, 0.2) is 0 Å². The quantitative estimate of drug-likeness (QED) is 0.873. The van der Waals surface area contributed by atoms with Gasteiger partial charge in [-0.3, -0.25) is 4.98 Å². The molecule has 0 unspecified atom stereocenters. The number of hydrogen-bond acceptors (Lipinski definition) is 3. The lowest BCUT2D eigenvalue weighted by atomic mass is 10.2. The Kier molecular flexibility index (Phi) is 3.60. The topological polar surface area (TPSA) is 34.1 Å². The van der Waals surface area contributed by atoms with E-state index >= 15 is 0 Å². The number of benzene rings is 1. The van der Waals surface area contributed by atoms with Crippen molar-refractivity contribution >= 4 is 5.69 Å². The first kappa shape index (κ1) is 11.5. The molecule has 0 saturated carbocycles. The Hall–Kier alpha value is -2.03. The Morgan fingerprint density at radius 3 is 2.82 bits per heavy atom. The Bertz CT molecular complexity index is 497. The largest absolute Gasteiger partial charge is 0.496 e. The summed E-state index contributed by atoms with van der Waals surface area (Å²) in [6.07, 6.45) is 3.64. The summed E-state index contributed by atoms with van der Waals surface area (Å²) >= 11 is 0. The van der Waals surface area contributed by atoms with Crippen molar-refractivity contribution in [1.82, 2.24) is 4.98 Å². The van der Waals surface area contributed by atoms with Gasteiger partial charge in [0, 0.05) is 30.2 Å². The fraction of sp³-hybridized carbons (Fsp3) is 0.214. The van der Waals surface area contributed by atoms with E-state index in [1.807, 2.05) is 37.4 Å². The SMILES string of the molecule is COc1ccccc1CNc1ccncc1C. The van der Waals surface area contributed by atoms with Gasteiger partial charge in [-0.15, -0.1) is 0 Å². The second-order valence-electron chi connectivity index (χ2n) is 3.86. The Balaban J connectivity index is 2.10. The van der Waals surface area contributed by atoms with Gasteiger partial charge in [0.25, 0.3) is 0 Å². The molecule has 0 spiro atoms. The molecule has 2 rings (SSSR count). The highest BCUT2D eigenvalue weighted by Gasteiger charge is 2.02. The zero-order valence-electron chi connectivity index (χ0n) is 10.1. The average molecular weight is 228 g/mol. The maximum absolute atomic E-state index is 5.31. The van der Waals surface area contributed by atoms with Crippen LogP contribution in [0.2, 0.25) is 0 Å². The number of nitrogens with one attached hydrogen (secondary N) is 1. The highest BCUT2D eigenvalue weighted by Crippen LogP contribution is 2.19. The molecular weight excluding hydrogens is 212 g/mol. The molecule has 17 heavy (non-hydrogen) atoms. The Morgan fingerprint density at radius 2 is 2.06 bits per heavy atom. The fourth-order valence-electron chi connectivity index (χ4n) is 1.71. The summed E-state index contributed by atoms with van der Waals surface area (Å²) in [6.45, 7) is 2.78. The van der Waals surface area contributed by atoms with Crippen molar-refractivity contribution in [2.45, 2.75) is 13.5 Å². The monoisotopic (exact) mass is 228 g/mol. The van der Waals surface area contributed by atoms with Crippen LogP contribution in [0.1, 0.15) is 11.1 Å². The molecule has 2 aromatic rings. The highest BCUT2D eigenvalue weighted by molar-refractivity contribution is 5.49. The summed E-state index contributed by atoms with van der Waals surface area (Å²) in [4.78, 5) is 4.07. The van der Waals surface area contributed by atoms with Crippen molar-refractivity contribution in [3.05, 3.63) is 53.9 Å². The van der Waals surface area contributed by atoms with Crippen LogP contribution >= 0.6 is 0 Å². The molecule has 0 aliphatic carbocycles. The lowest BCUT2D eigenvalue weighted by Gasteiger charge is -2.11. The predicted molar refractivity (Wildman–Crippen MR) is 69.3 cm³/mol. The van der Waals surface area contributed by atoms with Crippen LogP contribution in [-0.4, -0.2) is 12.1 Å². The van der Waals surface area contributed by atoms with E-state index in [1.165, 1.54) is 0 Å². The normalized spacial score (nSPS) is 10.0. The van der Waals surface area contributed by atoms with Crippen molar-refractivity contribution in [2.75, 3.05) is 12.4 Å². The van der Waals surface area contributed by atoms with Crippen LogP contribution in [0, 0.1) is 6.92 Å². The predicted octanol–water partition coefficient (Wildman–Crippen LogP) is 3.01. The van der Waals surface area contributed by atoms with E-state index in [-0.39, 0.29) is 0 Å². The van der Waals surface area contributed by atoms with E-state index in [4.69, 9.17) is 4.74 Å². The van der Waals surface area contributed by atoms with Crippen LogP contribution in [0.3, 0.4) is 0 Å². The molecule has 0 fully saturated rings. The number of methoxy groups -OCH3 is 1. The molecule has 1 aromatic carbocycles. The molecule has 0 bridgehead atoms. The summed E-state index contributed by atoms with van der Waals surface area (Å²) < 4.78 is 5.31. The maximum atomic E-state index is 5.31. The standard InChI is InChI=1S/C14H16N2O/c1-11-9-15-8-7-13(11)16-10-12-5-3-4-6-14(12)17-2/h3-9H,10H2,1-2H3,(H,15,16). The molecule has 88 valence electrons. The molecule has 0 saturated heterocycles. The van der Waals surface area contributed by atoms with Crippen LogP contribution in [0.4, 0.5) is 5.69 Å². The number of ether oxygens (including phenoxy) is 1. The van der Waals surface area contributed by atoms with Crippen LogP contribution in [0.15, 0.2) is 42.7 Å². The third-order valence-corrected chi connectivity index (χ3v) is 2.68. The first-order valence-electron chi connectivity index (χ1n) is 5.57. The summed E-state index contributed by atoms with van der Waals surface area (Å²) in [7, 11) is 1.69. The third-order valence-electron chi connectivity index (χ3n) is 2.68. The van der Waals surface area contributed by atoms with E-state index in [1.54, 1.807) is 13.3 Å². The lowest BCUT2D eigenvalue weighted by Crippen LogP contribution is -2.02. The highest BCUT2D eigenvalue weighted by atomic mass is 16.5. The number of pyridine rings is 1. The zero-order valence-corrected chi connectivity index (χ0v) is 10.1. The maximum Gasteiger partial charge on any atom is 0.123 e. The van der Waals surface area contributed by atoms with Crippen molar-refractivity contribution < 1.29 is 4.74 Å². The van der Waals surface area contributed by atoms with Crippen molar-refractivity contribution in [2.24, 2.45) is 0 Å². The van der Waals surface area contributed by atoms with E-state index in [2.05, 4.69) is 16.4 Å². The van der Waals surface area contributed by atoms with Gasteiger partial charge >= 0.3 is 0 Å². The molecule has 1 heterocycles. The van der Waals surface area contributed by atoms with Gasteiger partial charge < -0.3 is 10.1 Å². The van der Waals surface area contributed by atoms with Gasteiger partial charge in [-0.2, -0.15) is 0 Å². The zero-order chi connectivity index (χ0) is 12.1. The van der Waals surface area contributed by atoms with Gasteiger partial charge in [0.2, 0.25) is 0 Å². The van der Waals surface area contributed by atoms with Gasteiger partial charge in [-0.25, -0.2) is 0 Å². The molecular formula is C14H16N2O. The number of nitrogens with zero attached hydrogens (tertiary/aromatic N) is 1. The summed E-state index contributed by atoms with van der Waals surface area (Å²) in [5.74, 6) is 0.909.